The lowest BCUT2D eigenvalue weighted by Gasteiger charge is -2.39. The maximum absolute atomic E-state index is 14.1. The molecule has 32 heavy (non-hydrogen) atoms. The molecule has 8 nitrogen and oxygen atoms in total. The van der Waals surface area contributed by atoms with Crippen LogP contribution < -0.4 is 4.72 Å². The van der Waals surface area contributed by atoms with E-state index in [9.17, 15) is 17.6 Å². The van der Waals surface area contributed by atoms with Crippen LogP contribution in [0.25, 0.3) is 0 Å². The van der Waals surface area contributed by atoms with Crippen molar-refractivity contribution in [2.75, 3.05) is 20.3 Å². The quantitative estimate of drug-likeness (QED) is 0.641. The fourth-order valence-electron chi connectivity index (χ4n) is 3.97. The first-order valence-electron chi connectivity index (χ1n) is 10.5. The van der Waals surface area contributed by atoms with Crippen molar-refractivity contribution >= 4 is 15.9 Å². The van der Waals surface area contributed by atoms with Crippen LogP contribution in [0.15, 0.2) is 23.2 Å². The lowest BCUT2D eigenvalue weighted by molar-refractivity contribution is -0.206. The number of rotatable bonds is 8. The molecule has 1 aliphatic heterocycles. The predicted octanol–water partition coefficient (Wildman–Crippen LogP) is 2.73. The van der Waals surface area contributed by atoms with Crippen molar-refractivity contribution in [1.82, 2.24) is 14.5 Å². The molecule has 2 aromatic rings. The molecule has 1 N–H and O–H groups in total. The van der Waals surface area contributed by atoms with E-state index in [0.29, 0.717) is 22.4 Å². The van der Waals surface area contributed by atoms with Crippen molar-refractivity contribution in [2.24, 2.45) is 7.05 Å². The van der Waals surface area contributed by atoms with Gasteiger partial charge in [-0.25, -0.2) is 9.11 Å². The van der Waals surface area contributed by atoms with Crippen molar-refractivity contribution < 1.29 is 27.1 Å². The second kappa shape index (κ2) is 8.92. The number of sulfonamides is 1. The minimum Gasteiger partial charge on any atom is -0.374 e. The number of hydrogen-bond acceptors (Lipinski definition) is 6. The Morgan fingerprint density at radius 2 is 1.78 bits per heavy atom. The van der Waals surface area contributed by atoms with Crippen LogP contribution in [0.5, 0.6) is 0 Å². The van der Waals surface area contributed by atoms with Gasteiger partial charge in [-0.3, -0.25) is 9.48 Å². The van der Waals surface area contributed by atoms with E-state index in [2.05, 4.69) is 9.82 Å². The van der Waals surface area contributed by atoms with E-state index >= 15 is 0 Å². The lowest BCUT2D eigenvalue weighted by atomic mass is 9.87. The number of amides is 1. The number of halogens is 1. The summed E-state index contributed by atoms with van der Waals surface area (Å²) in [5.41, 5.74) is 1.81. The zero-order valence-corrected chi connectivity index (χ0v) is 20.0. The number of aryl methyl sites for hydroxylation is 1. The monoisotopic (exact) mass is 467 g/mol. The Labute approximate surface area is 188 Å². The molecular formula is C22H30FN3O5S. The third-order valence-electron chi connectivity index (χ3n) is 5.77. The summed E-state index contributed by atoms with van der Waals surface area (Å²) >= 11 is 0. The van der Waals surface area contributed by atoms with Gasteiger partial charge in [0.1, 0.15) is 5.82 Å². The average molecular weight is 468 g/mol. The molecule has 0 bridgehead atoms. The summed E-state index contributed by atoms with van der Waals surface area (Å²) in [5.74, 6) is -1.14. The van der Waals surface area contributed by atoms with Crippen LogP contribution >= 0.6 is 0 Å². The summed E-state index contributed by atoms with van der Waals surface area (Å²) in [6.45, 7) is 8.19. The first-order valence-corrected chi connectivity index (χ1v) is 11.9. The van der Waals surface area contributed by atoms with Crippen molar-refractivity contribution in [3.05, 3.63) is 46.4 Å². The van der Waals surface area contributed by atoms with E-state index in [1.54, 1.807) is 7.05 Å². The molecule has 10 heteroatoms. The largest absolute Gasteiger partial charge is 0.374 e. The molecule has 0 unspecified atom stereocenters. The van der Waals surface area contributed by atoms with Gasteiger partial charge in [-0.15, -0.1) is 0 Å². The number of carbonyl (C=O) groups excluding carboxylic acids is 1. The van der Waals surface area contributed by atoms with E-state index < -0.39 is 21.5 Å². The number of aromatic nitrogens is 2. The number of methoxy groups -OCH3 is 1. The molecule has 0 radical (unpaired) electrons. The highest BCUT2D eigenvalue weighted by molar-refractivity contribution is 7.90. The van der Waals surface area contributed by atoms with Gasteiger partial charge in [-0.05, 0) is 40.7 Å². The molecule has 1 aromatic heterocycles. The summed E-state index contributed by atoms with van der Waals surface area (Å²) in [6, 6.07) is 4.20. The standard InChI is InChI=1S/C22H30FN3O5S/c1-13(2)16-7-15(23)8-17(14(3)4)18(16)9-20(27)25-32(28,29)21-10-19(26(5)24-21)22(30-6)11-31-12-22/h7-8,10,13-14H,9,11-12H2,1-6H3,(H,25,27). The Balaban J connectivity index is 1.87. The van der Waals surface area contributed by atoms with E-state index in [1.165, 1.54) is 30.0 Å². The number of benzene rings is 1. The number of hydrogen-bond donors (Lipinski definition) is 1. The second-order valence-electron chi connectivity index (χ2n) is 8.76. The molecule has 0 aliphatic carbocycles. The van der Waals surface area contributed by atoms with E-state index in [-0.39, 0.29) is 42.3 Å². The van der Waals surface area contributed by atoms with Crippen LogP contribution in [0.3, 0.4) is 0 Å². The highest BCUT2D eigenvalue weighted by Gasteiger charge is 2.44. The van der Waals surface area contributed by atoms with Crippen LogP contribution in [0, 0.1) is 5.82 Å². The average Bonchev–Trinajstić information content (AvgIpc) is 3.04. The van der Waals surface area contributed by atoms with Crippen LogP contribution in [-0.4, -0.2) is 44.4 Å². The SMILES string of the molecule is COC1(c2cc(S(=O)(=O)NC(=O)Cc3c(C(C)C)cc(F)cc3C(C)C)nn2C)COC1. The minimum absolute atomic E-state index is 0.0316. The number of nitrogens with one attached hydrogen (secondary N) is 1. The molecular weight excluding hydrogens is 437 g/mol. The Kier molecular flexibility index (Phi) is 6.78. The Bertz CT molecular complexity index is 1090. The first kappa shape index (κ1) is 24.3. The van der Waals surface area contributed by atoms with Crippen molar-refractivity contribution in [1.29, 1.82) is 0 Å². The van der Waals surface area contributed by atoms with Gasteiger partial charge in [0.2, 0.25) is 5.91 Å². The number of ether oxygens (including phenoxy) is 2. The third-order valence-corrected chi connectivity index (χ3v) is 7.02. The molecule has 1 saturated heterocycles. The minimum atomic E-state index is -4.21. The fourth-order valence-corrected chi connectivity index (χ4v) is 4.94. The van der Waals surface area contributed by atoms with Gasteiger partial charge in [-0.1, -0.05) is 27.7 Å². The predicted molar refractivity (Wildman–Crippen MR) is 116 cm³/mol. The van der Waals surface area contributed by atoms with Gasteiger partial charge in [0.15, 0.2) is 10.6 Å². The Morgan fingerprint density at radius 1 is 1.22 bits per heavy atom. The summed E-state index contributed by atoms with van der Waals surface area (Å²) < 4.78 is 54.1. The molecule has 3 rings (SSSR count). The number of carbonyl (C=O) groups is 1. The molecule has 1 aliphatic rings. The molecule has 0 saturated carbocycles. The van der Waals surface area contributed by atoms with Crippen LogP contribution in [0.1, 0.15) is 61.9 Å². The maximum Gasteiger partial charge on any atom is 0.283 e. The van der Waals surface area contributed by atoms with Gasteiger partial charge in [0.25, 0.3) is 10.0 Å². The molecule has 0 atom stereocenters. The molecule has 1 amide bonds. The smallest absolute Gasteiger partial charge is 0.283 e. The highest BCUT2D eigenvalue weighted by Crippen LogP contribution is 2.34. The normalized spacial score (nSPS) is 15.8. The second-order valence-corrected chi connectivity index (χ2v) is 10.4. The van der Waals surface area contributed by atoms with E-state index in [1.807, 2.05) is 27.7 Å². The van der Waals surface area contributed by atoms with Gasteiger partial charge >= 0.3 is 0 Å². The molecule has 2 heterocycles. The molecule has 1 fully saturated rings. The van der Waals surface area contributed by atoms with Gasteiger partial charge in [-0.2, -0.15) is 13.5 Å². The van der Waals surface area contributed by atoms with Crippen LogP contribution in [-0.2, 0) is 43.4 Å². The first-order chi connectivity index (χ1) is 14.9. The summed E-state index contributed by atoms with van der Waals surface area (Å²) in [6.07, 6.45) is -0.184. The summed E-state index contributed by atoms with van der Waals surface area (Å²) in [5, 5.41) is 3.79. The van der Waals surface area contributed by atoms with Crippen LogP contribution in [0.2, 0.25) is 0 Å². The molecule has 1 aromatic carbocycles. The van der Waals surface area contributed by atoms with Gasteiger partial charge in [0, 0.05) is 20.2 Å². The third kappa shape index (κ3) is 4.57. The van der Waals surface area contributed by atoms with E-state index in [0.717, 1.165) is 0 Å². The van der Waals surface area contributed by atoms with Crippen molar-refractivity contribution in [3.8, 4) is 0 Å². The molecule has 176 valence electrons. The van der Waals surface area contributed by atoms with Crippen LogP contribution in [0.4, 0.5) is 4.39 Å². The fraction of sp³-hybridized carbons (Fsp3) is 0.545. The Hall–Kier alpha value is -2.30. The van der Waals surface area contributed by atoms with Crippen molar-refractivity contribution in [2.45, 2.75) is 56.6 Å². The zero-order valence-electron chi connectivity index (χ0n) is 19.2. The summed E-state index contributed by atoms with van der Waals surface area (Å²) in [4.78, 5) is 12.8. The van der Waals surface area contributed by atoms with E-state index in [4.69, 9.17) is 9.47 Å². The van der Waals surface area contributed by atoms with Gasteiger partial charge in [0.05, 0.1) is 25.3 Å². The highest BCUT2D eigenvalue weighted by atomic mass is 32.2. The maximum atomic E-state index is 14.1. The Morgan fingerprint density at radius 3 is 2.22 bits per heavy atom. The molecule has 0 spiro atoms. The zero-order chi connectivity index (χ0) is 23.8. The topological polar surface area (TPSA) is 99.5 Å². The van der Waals surface area contributed by atoms with Crippen molar-refractivity contribution in [3.63, 3.8) is 0 Å². The lowest BCUT2D eigenvalue weighted by Crippen LogP contribution is -2.49. The summed E-state index contributed by atoms with van der Waals surface area (Å²) in [7, 11) is -1.08. The van der Waals surface area contributed by atoms with Gasteiger partial charge < -0.3 is 9.47 Å². The number of nitrogens with zero attached hydrogens (tertiary/aromatic N) is 2.